The molecule has 1 nitrogen and oxygen atoms in total. The quantitative estimate of drug-likeness (QED) is 0.752. The zero-order valence-corrected chi connectivity index (χ0v) is 10.9. The fraction of sp³-hybridized carbons (Fsp3) is 0.500. The van der Waals surface area contributed by atoms with E-state index in [9.17, 15) is 0 Å². The van der Waals surface area contributed by atoms with E-state index in [1.54, 1.807) is 0 Å². The van der Waals surface area contributed by atoms with E-state index in [0.717, 1.165) is 24.7 Å². The predicted molar refractivity (Wildman–Crippen MR) is 70.8 cm³/mol. The van der Waals surface area contributed by atoms with Gasteiger partial charge in [0.15, 0.2) is 0 Å². The first-order valence-corrected chi connectivity index (χ1v) is 6.99. The number of thioether (sulfide) groups is 1. The normalized spacial score (nSPS) is 10.9. The van der Waals surface area contributed by atoms with E-state index in [4.69, 9.17) is 11.6 Å². The van der Waals surface area contributed by atoms with Crippen molar-refractivity contribution in [3.05, 3.63) is 34.9 Å². The lowest BCUT2D eigenvalue weighted by Gasteiger charge is -2.20. The van der Waals surface area contributed by atoms with Crippen molar-refractivity contribution >= 4 is 23.4 Å². The third kappa shape index (κ3) is 4.45. The molecule has 0 saturated carbocycles. The van der Waals surface area contributed by atoms with Crippen molar-refractivity contribution < 1.29 is 0 Å². The first-order valence-electron chi connectivity index (χ1n) is 5.22. The lowest BCUT2D eigenvalue weighted by atomic mass is 10.2. The summed E-state index contributed by atoms with van der Waals surface area (Å²) in [5, 5.41) is 0.875. The highest BCUT2D eigenvalue weighted by molar-refractivity contribution is 7.98. The molecule has 0 saturated heterocycles. The van der Waals surface area contributed by atoms with Crippen LogP contribution in [0, 0.1) is 0 Å². The van der Waals surface area contributed by atoms with Gasteiger partial charge < -0.3 is 0 Å². The first kappa shape index (κ1) is 12.9. The minimum absolute atomic E-state index is 0.875. The number of halogens is 1. The predicted octanol–water partition coefficient (Wildman–Crippen LogP) is 3.52. The first-order chi connectivity index (χ1) is 7.27. The summed E-state index contributed by atoms with van der Waals surface area (Å²) in [6.45, 7) is 5.35. The van der Waals surface area contributed by atoms with Crippen LogP contribution < -0.4 is 0 Å². The number of benzene rings is 1. The Kier molecular flexibility index (Phi) is 6.15. The minimum Gasteiger partial charge on any atom is -0.298 e. The van der Waals surface area contributed by atoms with Crippen molar-refractivity contribution in [1.29, 1.82) is 0 Å². The Bertz CT molecular complexity index is 291. The van der Waals surface area contributed by atoms with E-state index in [2.05, 4.69) is 24.1 Å². The highest BCUT2D eigenvalue weighted by Crippen LogP contribution is 2.16. The molecule has 15 heavy (non-hydrogen) atoms. The van der Waals surface area contributed by atoms with Gasteiger partial charge in [-0.05, 0) is 24.4 Å². The second-order valence-corrected chi connectivity index (χ2v) is 4.85. The molecule has 0 aliphatic heterocycles. The molecular weight excluding hydrogens is 226 g/mol. The molecule has 0 amide bonds. The molecule has 1 aromatic rings. The molecule has 1 rings (SSSR count). The minimum atomic E-state index is 0.875. The summed E-state index contributed by atoms with van der Waals surface area (Å²) in [5.74, 6) is 1.18. The molecule has 0 radical (unpaired) electrons. The second kappa shape index (κ2) is 7.15. The van der Waals surface area contributed by atoms with Crippen molar-refractivity contribution in [3.8, 4) is 0 Å². The van der Waals surface area contributed by atoms with Crippen molar-refractivity contribution in [2.24, 2.45) is 0 Å². The Balaban J connectivity index is 2.54. The molecule has 0 bridgehead atoms. The summed E-state index contributed by atoms with van der Waals surface area (Å²) in [6.07, 6.45) is 2.14. The van der Waals surface area contributed by atoms with Crippen LogP contribution in [0.4, 0.5) is 0 Å². The van der Waals surface area contributed by atoms with Gasteiger partial charge in [-0.25, -0.2) is 0 Å². The Hall–Kier alpha value is -0.180. The third-order valence-corrected chi connectivity index (χ3v) is 3.37. The SMILES string of the molecule is CCN(CCSC)Cc1ccccc1Cl. The highest BCUT2D eigenvalue weighted by atomic mass is 35.5. The van der Waals surface area contributed by atoms with Crippen LogP contribution >= 0.6 is 23.4 Å². The van der Waals surface area contributed by atoms with Crippen LogP contribution in [0.15, 0.2) is 24.3 Å². The lowest BCUT2D eigenvalue weighted by molar-refractivity contribution is 0.298. The Labute approximate surface area is 102 Å². The topological polar surface area (TPSA) is 3.24 Å². The van der Waals surface area contributed by atoms with E-state index in [0.29, 0.717) is 0 Å². The fourth-order valence-electron chi connectivity index (χ4n) is 1.44. The molecule has 1 aromatic carbocycles. The van der Waals surface area contributed by atoms with Crippen LogP contribution in [0.25, 0.3) is 0 Å². The molecule has 0 N–H and O–H groups in total. The summed E-state index contributed by atoms with van der Waals surface area (Å²) >= 11 is 8.01. The molecular formula is C12H18ClNS. The average Bonchev–Trinajstić information content (AvgIpc) is 2.26. The summed E-state index contributed by atoms with van der Waals surface area (Å²) < 4.78 is 0. The van der Waals surface area contributed by atoms with Crippen molar-refractivity contribution in [2.75, 3.05) is 25.1 Å². The Morgan fingerprint density at radius 2 is 2.07 bits per heavy atom. The van der Waals surface area contributed by atoms with Crippen LogP contribution in [0.2, 0.25) is 5.02 Å². The zero-order chi connectivity index (χ0) is 11.1. The maximum atomic E-state index is 6.13. The van der Waals surface area contributed by atoms with Gasteiger partial charge in [-0.15, -0.1) is 0 Å². The molecule has 3 heteroatoms. The van der Waals surface area contributed by atoms with Gasteiger partial charge in [-0.3, -0.25) is 4.90 Å². The van der Waals surface area contributed by atoms with Crippen molar-refractivity contribution in [1.82, 2.24) is 4.90 Å². The zero-order valence-electron chi connectivity index (χ0n) is 9.37. The van der Waals surface area contributed by atoms with Crippen LogP contribution in [0.3, 0.4) is 0 Å². The molecule has 0 unspecified atom stereocenters. The number of rotatable bonds is 6. The van der Waals surface area contributed by atoms with Crippen LogP contribution in [-0.2, 0) is 6.54 Å². The largest absolute Gasteiger partial charge is 0.298 e. The third-order valence-electron chi connectivity index (χ3n) is 2.41. The average molecular weight is 244 g/mol. The Morgan fingerprint density at radius 3 is 2.67 bits per heavy atom. The molecule has 0 heterocycles. The van der Waals surface area contributed by atoms with Crippen LogP contribution in [0.1, 0.15) is 12.5 Å². The van der Waals surface area contributed by atoms with Gasteiger partial charge in [-0.2, -0.15) is 11.8 Å². The van der Waals surface area contributed by atoms with Gasteiger partial charge in [0.2, 0.25) is 0 Å². The van der Waals surface area contributed by atoms with E-state index < -0.39 is 0 Å². The van der Waals surface area contributed by atoms with Crippen LogP contribution in [0.5, 0.6) is 0 Å². The van der Waals surface area contributed by atoms with E-state index >= 15 is 0 Å². The molecule has 0 aliphatic carbocycles. The molecule has 0 aromatic heterocycles. The van der Waals surface area contributed by atoms with E-state index in [1.165, 1.54) is 11.3 Å². The second-order valence-electron chi connectivity index (χ2n) is 3.45. The highest BCUT2D eigenvalue weighted by Gasteiger charge is 2.05. The van der Waals surface area contributed by atoms with Gasteiger partial charge in [0, 0.05) is 23.9 Å². The van der Waals surface area contributed by atoms with Crippen molar-refractivity contribution in [2.45, 2.75) is 13.5 Å². The number of hydrogen-bond donors (Lipinski definition) is 0. The molecule has 0 aliphatic rings. The van der Waals surface area contributed by atoms with Gasteiger partial charge in [0.25, 0.3) is 0 Å². The monoisotopic (exact) mass is 243 g/mol. The smallest absolute Gasteiger partial charge is 0.0451 e. The van der Waals surface area contributed by atoms with Gasteiger partial charge in [-0.1, -0.05) is 36.7 Å². The van der Waals surface area contributed by atoms with Gasteiger partial charge in [0.1, 0.15) is 0 Å². The Morgan fingerprint density at radius 1 is 1.33 bits per heavy atom. The summed E-state index contributed by atoms with van der Waals surface area (Å²) in [7, 11) is 0. The number of hydrogen-bond acceptors (Lipinski definition) is 2. The number of nitrogens with zero attached hydrogens (tertiary/aromatic N) is 1. The maximum absolute atomic E-state index is 6.13. The standard InChI is InChI=1S/C12H18ClNS/c1-3-14(8-9-15-2)10-11-6-4-5-7-12(11)13/h4-7H,3,8-10H2,1-2H3. The molecule has 0 fully saturated rings. The molecule has 0 atom stereocenters. The fourth-order valence-corrected chi connectivity index (χ4v) is 2.07. The van der Waals surface area contributed by atoms with Crippen molar-refractivity contribution in [3.63, 3.8) is 0 Å². The lowest BCUT2D eigenvalue weighted by Crippen LogP contribution is -2.25. The maximum Gasteiger partial charge on any atom is 0.0451 e. The molecule has 84 valence electrons. The van der Waals surface area contributed by atoms with Gasteiger partial charge in [0.05, 0.1) is 0 Å². The summed E-state index contributed by atoms with van der Waals surface area (Å²) in [6, 6.07) is 8.08. The van der Waals surface area contributed by atoms with E-state index in [-0.39, 0.29) is 0 Å². The van der Waals surface area contributed by atoms with Gasteiger partial charge >= 0.3 is 0 Å². The summed E-state index contributed by atoms with van der Waals surface area (Å²) in [5.41, 5.74) is 1.22. The molecule has 0 spiro atoms. The van der Waals surface area contributed by atoms with E-state index in [1.807, 2.05) is 30.0 Å². The van der Waals surface area contributed by atoms with Crippen LogP contribution in [-0.4, -0.2) is 30.0 Å². The summed E-state index contributed by atoms with van der Waals surface area (Å²) in [4.78, 5) is 2.41.